The summed E-state index contributed by atoms with van der Waals surface area (Å²) >= 11 is 49.1. The predicted octanol–water partition coefficient (Wildman–Crippen LogP) is 26.4. The van der Waals surface area contributed by atoms with Crippen LogP contribution in [0.4, 0.5) is 0 Å². The molecule has 9 aromatic rings. The molecule has 0 aromatic heterocycles. The van der Waals surface area contributed by atoms with E-state index in [4.69, 9.17) is 92.8 Å². The Labute approximate surface area is 574 Å². The van der Waals surface area contributed by atoms with E-state index in [1.807, 2.05) is 78.9 Å². The smallest absolute Gasteiger partial charge is 0.0591 e. The molecule has 4 atom stereocenters. The second kappa shape index (κ2) is 42.6. The van der Waals surface area contributed by atoms with Crippen LogP contribution in [0.1, 0.15) is 162 Å². The number of aryl methyl sites for hydroxylation is 6. The van der Waals surface area contributed by atoms with E-state index in [-0.39, 0.29) is 16.1 Å². The molecular weight excluding hydrogens is 1260 g/mol. The van der Waals surface area contributed by atoms with Gasteiger partial charge in [-0.05, 0) is 165 Å². The van der Waals surface area contributed by atoms with Crippen LogP contribution in [-0.4, -0.2) is 0 Å². The van der Waals surface area contributed by atoms with Crippen LogP contribution in [0.2, 0.25) is 0 Å². The Balaban J connectivity index is 0.000000240. The third-order valence-corrected chi connectivity index (χ3v) is 18.4. The van der Waals surface area contributed by atoms with Crippen LogP contribution in [0.3, 0.4) is 0 Å². The van der Waals surface area contributed by atoms with Gasteiger partial charge in [-0.25, -0.2) is 0 Å². The zero-order valence-electron chi connectivity index (χ0n) is 51.9. The van der Waals surface area contributed by atoms with E-state index in [1.54, 1.807) is 0 Å². The molecule has 9 aromatic carbocycles. The molecule has 0 saturated heterocycles. The first-order valence-corrected chi connectivity index (χ1v) is 34.6. The van der Waals surface area contributed by atoms with Crippen LogP contribution in [-0.2, 0) is 61.5 Å². The molecule has 0 aliphatic carbocycles. The molecule has 0 nitrogen and oxygen atoms in total. The summed E-state index contributed by atoms with van der Waals surface area (Å²) in [6, 6.07) is 76.2. The fraction of sp³-hybridized carbons (Fsp3) is 0.259. The van der Waals surface area contributed by atoms with Crippen LogP contribution < -0.4 is 0 Å². The second-order valence-corrected chi connectivity index (χ2v) is 24.8. The topological polar surface area (TPSA) is 0 Å². The van der Waals surface area contributed by atoms with Crippen LogP contribution in [0.15, 0.2) is 238 Å². The predicted molar refractivity (Wildman–Crippen MR) is 398 cm³/mol. The highest BCUT2D eigenvalue weighted by Crippen LogP contribution is 2.37. The molecule has 0 radical (unpaired) electrons. The molecule has 8 heteroatoms. The van der Waals surface area contributed by atoms with Crippen LogP contribution in [0.5, 0.6) is 0 Å². The monoisotopic (exact) mass is 1340 g/mol. The van der Waals surface area contributed by atoms with Gasteiger partial charge in [-0.2, -0.15) is 0 Å². The van der Waals surface area contributed by atoms with E-state index < -0.39 is 0 Å². The van der Waals surface area contributed by atoms with Gasteiger partial charge in [-0.1, -0.05) is 276 Å². The van der Waals surface area contributed by atoms with E-state index >= 15 is 0 Å². The molecular formula is C81H86Cl8. The van der Waals surface area contributed by atoms with Crippen molar-refractivity contribution < 1.29 is 0 Å². The third kappa shape index (κ3) is 27.5. The highest BCUT2D eigenvalue weighted by atomic mass is 35.5. The van der Waals surface area contributed by atoms with Crippen LogP contribution in [0, 0.1) is 6.92 Å². The molecule has 0 aliphatic rings. The van der Waals surface area contributed by atoms with Gasteiger partial charge in [0.1, 0.15) is 0 Å². The molecule has 0 spiro atoms. The van der Waals surface area contributed by atoms with Crippen molar-refractivity contribution in [3.05, 3.63) is 338 Å². The largest absolute Gasteiger partial charge is 0.122 e. The fourth-order valence-electron chi connectivity index (χ4n) is 9.54. The Morgan fingerprint density at radius 3 is 0.820 bits per heavy atom. The molecule has 0 bridgehead atoms. The number of hydrogen-bond acceptors (Lipinski definition) is 0. The average molecular weight is 1340 g/mol. The van der Waals surface area contributed by atoms with Gasteiger partial charge in [0.2, 0.25) is 0 Å². The summed E-state index contributed by atoms with van der Waals surface area (Å²) in [5, 5.41) is -0.0120. The molecule has 89 heavy (non-hydrogen) atoms. The lowest BCUT2D eigenvalue weighted by atomic mass is 9.86. The first-order valence-electron chi connectivity index (χ1n) is 30.6. The number of hydrogen-bond donors (Lipinski definition) is 0. The van der Waals surface area contributed by atoms with E-state index in [1.165, 1.54) is 50.1 Å². The molecule has 0 amide bonds. The minimum atomic E-state index is -0.0567. The van der Waals surface area contributed by atoms with Gasteiger partial charge in [0.15, 0.2) is 0 Å². The van der Waals surface area contributed by atoms with E-state index in [9.17, 15) is 0 Å². The average Bonchev–Trinajstić information content (AvgIpc) is 3.80. The Morgan fingerprint density at radius 1 is 0.292 bits per heavy atom. The summed E-state index contributed by atoms with van der Waals surface area (Å²) in [6.45, 7) is 17.4. The lowest BCUT2D eigenvalue weighted by Gasteiger charge is -2.22. The molecule has 0 N–H and O–H groups in total. The molecule has 466 valence electrons. The van der Waals surface area contributed by atoms with Crippen molar-refractivity contribution in [2.75, 3.05) is 0 Å². The summed E-state index contributed by atoms with van der Waals surface area (Å²) < 4.78 is 0. The number of halogens is 8. The van der Waals surface area contributed by atoms with Crippen molar-refractivity contribution in [2.45, 2.75) is 130 Å². The molecule has 0 heterocycles. The second-order valence-electron chi connectivity index (χ2n) is 21.9. The van der Waals surface area contributed by atoms with E-state index in [2.05, 4.69) is 198 Å². The first kappa shape index (κ1) is 74.2. The van der Waals surface area contributed by atoms with Crippen molar-refractivity contribution >= 4 is 111 Å². The van der Waals surface area contributed by atoms with Crippen molar-refractivity contribution in [3.8, 4) is 0 Å². The third-order valence-electron chi connectivity index (χ3n) is 15.5. The Hall–Kier alpha value is -5.48. The first-order chi connectivity index (χ1) is 43.3. The zero-order chi connectivity index (χ0) is 64.2. The maximum Gasteiger partial charge on any atom is 0.0591 e. The van der Waals surface area contributed by atoms with Gasteiger partial charge in [0.25, 0.3) is 0 Å². The van der Waals surface area contributed by atoms with Crippen molar-refractivity contribution in [2.24, 2.45) is 0 Å². The van der Waals surface area contributed by atoms with Gasteiger partial charge in [-0.15, -0.1) is 92.8 Å². The quantitative estimate of drug-likeness (QED) is 0.0500. The van der Waals surface area contributed by atoms with Crippen molar-refractivity contribution in [3.63, 3.8) is 0 Å². The van der Waals surface area contributed by atoms with Gasteiger partial charge in [-0.3, -0.25) is 0 Å². The minimum absolute atomic E-state index is 0.0157. The normalized spacial score (nSPS) is 11.9. The van der Waals surface area contributed by atoms with E-state index in [0.717, 1.165) is 108 Å². The lowest BCUT2D eigenvalue weighted by molar-refractivity contribution is 0.567. The highest BCUT2D eigenvalue weighted by Gasteiger charge is 2.19. The Morgan fingerprint density at radius 2 is 0.528 bits per heavy atom. The van der Waals surface area contributed by atoms with Crippen LogP contribution in [0.25, 0.3) is 18.2 Å². The number of benzene rings is 9. The highest BCUT2D eigenvalue weighted by molar-refractivity contribution is 6.21. The molecule has 9 rings (SSSR count). The Bertz CT molecular complexity index is 3300. The summed E-state index contributed by atoms with van der Waals surface area (Å²) in [5.74, 6) is 3.11. The maximum absolute atomic E-state index is 7.01. The fourth-order valence-corrected chi connectivity index (χ4v) is 11.3. The van der Waals surface area contributed by atoms with Crippen LogP contribution >= 0.6 is 92.8 Å². The van der Waals surface area contributed by atoms with Gasteiger partial charge >= 0.3 is 0 Å². The van der Waals surface area contributed by atoms with E-state index in [0.29, 0.717) is 35.3 Å². The van der Waals surface area contributed by atoms with Crippen molar-refractivity contribution in [1.82, 2.24) is 0 Å². The van der Waals surface area contributed by atoms with Gasteiger partial charge < -0.3 is 0 Å². The standard InChI is InChI=1S/C36H38Cl4.C18H20Cl2.2C9H9Cl.C9H10/c1-2-26-3-5-27(6-4-26)9-21-34(23-36(40)33-19-12-30(25-38)13-20-33)31-15-7-28(8-16-31)14-22-35(39)32-17-10-29(24-37)11-18-32;1-2-14-3-5-15(6-4-14)9-12-18(20)17-10-7-16(13-19)8-11-17;2*1-2-8-3-5-9(7-10)6-4-8;1-3-9-6-4-8(2)5-7-9/h3-8,10-13,15-20,34-36H,2,9,14,21-25H2,1H3;3-8,10-11,18H,2,9,12-13H2,1H3;2*2-6H,1,7H2;3-7H,1H2,2H3. The number of rotatable bonds is 25. The van der Waals surface area contributed by atoms with Gasteiger partial charge in [0.05, 0.1) is 16.1 Å². The molecule has 0 aliphatic heterocycles. The minimum Gasteiger partial charge on any atom is -0.122 e. The summed E-state index contributed by atoms with van der Waals surface area (Å²) in [5.41, 5.74) is 22.0. The maximum atomic E-state index is 7.01. The number of alkyl halides is 8. The molecule has 0 saturated carbocycles. The summed E-state index contributed by atoms with van der Waals surface area (Å²) in [7, 11) is 0. The lowest BCUT2D eigenvalue weighted by Crippen LogP contribution is -2.06. The SMILES string of the molecule is C=Cc1ccc(C)cc1.C=Cc1ccc(CCl)cc1.C=Cc1ccc(CCl)cc1.CCc1ccc(CCC(CC(Cl)c2ccc(CCl)cc2)c2ccc(CCC(Cl)c3ccc(CCl)cc3)cc2)cc1.CCc1ccc(CCC(Cl)c2ccc(CCl)cc2)cc1. The molecule has 4 unspecified atom stereocenters. The zero-order valence-corrected chi connectivity index (χ0v) is 57.9. The van der Waals surface area contributed by atoms with Gasteiger partial charge in [0, 0.05) is 29.4 Å². The summed E-state index contributed by atoms with van der Waals surface area (Å²) in [6.07, 6.45) is 14.4. The Kier molecular flexibility index (Phi) is 35.5. The summed E-state index contributed by atoms with van der Waals surface area (Å²) in [4.78, 5) is 0. The molecule has 0 fully saturated rings. The van der Waals surface area contributed by atoms with Crippen molar-refractivity contribution in [1.29, 1.82) is 0 Å².